The van der Waals surface area contributed by atoms with Crippen LogP contribution in [0, 0.1) is 6.92 Å². The molecule has 1 aromatic heterocycles. The third-order valence-corrected chi connectivity index (χ3v) is 9.24. The van der Waals surface area contributed by atoms with Crippen LogP contribution in [-0.2, 0) is 6.42 Å². The molecule has 44 heavy (non-hydrogen) atoms. The Labute approximate surface area is 263 Å². The molecule has 0 radical (unpaired) electrons. The van der Waals surface area contributed by atoms with E-state index in [4.69, 9.17) is 21.3 Å². The van der Waals surface area contributed by atoms with Gasteiger partial charge in [-0.25, -0.2) is 4.98 Å². The predicted molar refractivity (Wildman–Crippen MR) is 177 cm³/mol. The highest BCUT2D eigenvalue weighted by atomic mass is 35.5. The van der Waals surface area contributed by atoms with Crippen molar-refractivity contribution in [1.82, 2.24) is 14.9 Å². The molecule has 1 N–H and O–H groups in total. The molecule has 7 nitrogen and oxygen atoms in total. The van der Waals surface area contributed by atoms with Crippen molar-refractivity contribution in [2.45, 2.75) is 44.8 Å². The minimum absolute atomic E-state index is 0.0390. The SMILES string of the molecule is Cc1ccc(C2=Cc3cnc(Nc4ccc(OC5CCN(C)CC5)cc4)nc3N(C3CC(=O)c4ccccc4C3)C2)c(Cl)c1. The lowest BCUT2D eigenvalue weighted by Gasteiger charge is -2.39. The second kappa shape index (κ2) is 12.1. The summed E-state index contributed by atoms with van der Waals surface area (Å²) >= 11 is 6.73. The van der Waals surface area contributed by atoms with Crippen molar-refractivity contribution in [1.29, 1.82) is 0 Å². The summed E-state index contributed by atoms with van der Waals surface area (Å²) in [5.41, 5.74) is 6.87. The second-order valence-electron chi connectivity index (χ2n) is 12.2. The van der Waals surface area contributed by atoms with Crippen molar-refractivity contribution in [2.75, 3.05) is 36.9 Å². The molecule has 1 fully saturated rings. The summed E-state index contributed by atoms with van der Waals surface area (Å²) in [6, 6.07) is 22.0. The molecule has 7 rings (SSSR count). The van der Waals surface area contributed by atoms with Gasteiger partial charge in [-0.3, -0.25) is 4.79 Å². The number of benzene rings is 3. The molecule has 8 heteroatoms. The molecule has 3 heterocycles. The van der Waals surface area contributed by atoms with Crippen LogP contribution in [0.3, 0.4) is 0 Å². The van der Waals surface area contributed by atoms with Gasteiger partial charge in [0, 0.05) is 60.1 Å². The fourth-order valence-corrected chi connectivity index (χ4v) is 6.85. The van der Waals surface area contributed by atoms with Gasteiger partial charge in [0.25, 0.3) is 0 Å². The third kappa shape index (κ3) is 5.94. The molecule has 1 unspecified atom stereocenters. The van der Waals surface area contributed by atoms with Gasteiger partial charge in [0.2, 0.25) is 5.95 Å². The first kappa shape index (κ1) is 28.6. The third-order valence-electron chi connectivity index (χ3n) is 8.92. The van der Waals surface area contributed by atoms with Crippen LogP contribution in [0.1, 0.15) is 51.9 Å². The van der Waals surface area contributed by atoms with Crippen LogP contribution in [0.25, 0.3) is 11.6 Å². The number of ether oxygens (including phenoxy) is 1. The molecule has 3 aromatic carbocycles. The molecule has 0 amide bonds. The second-order valence-corrected chi connectivity index (χ2v) is 12.6. The maximum atomic E-state index is 13.2. The van der Waals surface area contributed by atoms with Crippen molar-refractivity contribution in [3.63, 3.8) is 0 Å². The van der Waals surface area contributed by atoms with Gasteiger partial charge < -0.3 is 19.9 Å². The van der Waals surface area contributed by atoms with Crippen molar-refractivity contribution in [3.8, 4) is 5.75 Å². The molecular formula is C36H36ClN5O2. The number of piperidine rings is 1. The van der Waals surface area contributed by atoms with E-state index in [2.05, 4.69) is 51.4 Å². The van der Waals surface area contributed by atoms with Crippen LogP contribution in [0.15, 0.2) is 72.9 Å². The number of anilines is 3. The smallest absolute Gasteiger partial charge is 0.229 e. The number of nitrogens with zero attached hydrogens (tertiary/aromatic N) is 4. The highest BCUT2D eigenvalue weighted by molar-refractivity contribution is 6.32. The number of carbonyl (C=O) groups is 1. The van der Waals surface area contributed by atoms with E-state index in [1.165, 1.54) is 0 Å². The summed E-state index contributed by atoms with van der Waals surface area (Å²) in [6.07, 6.45) is 7.51. The number of likely N-dealkylation sites (tertiary alicyclic amines) is 1. The standard InChI is InChI=1S/C36H36ClN5O2/c1-23-7-12-31(33(37)17-23)26-18-25-21-38-36(39-27-8-10-29(11-9-27)44-30-13-15-41(2)16-14-30)40-35(25)42(22-26)28-19-24-5-3-4-6-32(24)34(43)20-28/h3-12,17-18,21,28,30H,13-16,19-20,22H2,1-2H3,(H,38,39,40). The number of aryl methyl sites for hydroxylation is 1. The molecule has 0 bridgehead atoms. The first-order valence-corrected chi connectivity index (χ1v) is 15.7. The van der Waals surface area contributed by atoms with E-state index in [1.54, 1.807) is 0 Å². The maximum Gasteiger partial charge on any atom is 0.229 e. The van der Waals surface area contributed by atoms with E-state index >= 15 is 0 Å². The van der Waals surface area contributed by atoms with Gasteiger partial charge >= 0.3 is 0 Å². The Balaban J connectivity index is 1.17. The number of carbonyl (C=O) groups excluding carboxylic acids is 1. The molecule has 4 aromatic rings. The summed E-state index contributed by atoms with van der Waals surface area (Å²) in [5, 5.41) is 4.09. The Morgan fingerprint density at radius 1 is 0.977 bits per heavy atom. The first-order chi connectivity index (χ1) is 21.4. The molecular weight excluding hydrogens is 570 g/mol. The van der Waals surface area contributed by atoms with E-state index in [0.717, 1.165) is 83.0 Å². The Bertz CT molecular complexity index is 1730. The van der Waals surface area contributed by atoms with Crippen LogP contribution in [0.4, 0.5) is 17.5 Å². The lowest BCUT2D eigenvalue weighted by molar-refractivity contribution is 0.0963. The summed E-state index contributed by atoms with van der Waals surface area (Å²) in [5.74, 6) is 2.36. The quantitative estimate of drug-likeness (QED) is 0.249. The van der Waals surface area contributed by atoms with Crippen LogP contribution >= 0.6 is 11.6 Å². The molecule has 1 saturated heterocycles. The maximum absolute atomic E-state index is 13.2. The number of nitrogens with one attached hydrogen (secondary N) is 1. The number of rotatable bonds is 6. The number of hydrogen-bond donors (Lipinski definition) is 1. The van der Waals surface area contributed by atoms with E-state index in [0.29, 0.717) is 23.9 Å². The van der Waals surface area contributed by atoms with Gasteiger partial charge in [0.15, 0.2) is 5.78 Å². The molecule has 2 aliphatic heterocycles. The number of ketones is 1. The molecule has 1 atom stereocenters. The van der Waals surface area contributed by atoms with Crippen LogP contribution in [0.5, 0.6) is 5.75 Å². The summed E-state index contributed by atoms with van der Waals surface area (Å²) in [7, 11) is 2.15. The highest BCUT2D eigenvalue weighted by Crippen LogP contribution is 2.38. The zero-order chi connectivity index (χ0) is 30.2. The molecule has 0 saturated carbocycles. The average molecular weight is 606 g/mol. The van der Waals surface area contributed by atoms with Crippen LogP contribution in [0.2, 0.25) is 5.02 Å². The molecule has 3 aliphatic rings. The van der Waals surface area contributed by atoms with Gasteiger partial charge in [-0.1, -0.05) is 48.0 Å². The van der Waals surface area contributed by atoms with Crippen molar-refractivity contribution < 1.29 is 9.53 Å². The molecule has 0 spiro atoms. The fraction of sp³-hybridized carbons (Fsp3) is 0.306. The zero-order valence-corrected chi connectivity index (χ0v) is 25.8. The largest absolute Gasteiger partial charge is 0.490 e. The molecule has 224 valence electrons. The van der Waals surface area contributed by atoms with Crippen LogP contribution in [-0.4, -0.2) is 59.5 Å². The number of aromatic nitrogens is 2. The van der Waals surface area contributed by atoms with Gasteiger partial charge in [0.05, 0.1) is 0 Å². The van der Waals surface area contributed by atoms with Crippen LogP contribution < -0.4 is 15.0 Å². The molecule has 1 aliphatic carbocycles. The number of fused-ring (bicyclic) bond motifs is 2. The van der Waals surface area contributed by atoms with Crippen molar-refractivity contribution in [3.05, 3.63) is 106 Å². The Kier molecular flexibility index (Phi) is 7.83. The Hall–Kier alpha value is -4.20. The van der Waals surface area contributed by atoms with Gasteiger partial charge in [-0.2, -0.15) is 4.98 Å². The summed E-state index contributed by atoms with van der Waals surface area (Å²) in [4.78, 5) is 27.5. The predicted octanol–water partition coefficient (Wildman–Crippen LogP) is 7.21. The minimum atomic E-state index is -0.0390. The Morgan fingerprint density at radius 3 is 2.57 bits per heavy atom. The van der Waals surface area contributed by atoms with Gasteiger partial charge in [0.1, 0.15) is 17.7 Å². The van der Waals surface area contributed by atoms with E-state index < -0.39 is 0 Å². The van der Waals surface area contributed by atoms with Crippen molar-refractivity contribution >= 4 is 46.5 Å². The van der Waals surface area contributed by atoms with Gasteiger partial charge in [-0.05, 0) is 91.9 Å². The lowest BCUT2D eigenvalue weighted by Crippen LogP contribution is -2.44. The van der Waals surface area contributed by atoms with Crippen molar-refractivity contribution in [2.24, 2.45) is 0 Å². The first-order valence-electron chi connectivity index (χ1n) is 15.3. The minimum Gasteiger partial charge on any atom is -0.490 e. The van der Waals surface area contributed by atoms with E-state index in [1.807, 2.05) is 61.7 Å². The average Bonchev–Trinajstić information content (AvgIpc) is 3.03. The summed E-state index contributed by atoms with van der Waals surface area (Å²) in [6.45, 7) is 4.76. The number of hydrogen-bond acceptors (Lipinski definition) is 7. The van der Waals surface area contributed by atoms with E-state index in [-0.39, 0.29) is 17.9 Å². The van der Waals surface area contributed by atoms with E-state index in [9.17, 15) is 4.79 Å². The zero-order valence-electron chi connectivity index (χ0n) is 25.1. The summed E-state index contributed by atoms with van der Waals surface area (Å²) < 4.78 is 6.22. The fourth-order valence-electron chi connectivity index (χ4n) is 6.49. The lowest BCUT2D eigenvalue weighted by atomic mass is 9.85. The highest BCUT2D eigenvalue weighted by Gasteiger charge is 2.33. The topological polar surface area (TPSA) is 70.6 Å². The number of halogens is 1. The number of Topliss-reactive ketones (excluding diaryl/α,β-unsaturated/α-hetero) is 1. The normalized spacial score (nSPS) is 18.8. The van der Waals surface area contributed by atoms with Gasteiger partial charge in [-0.15, -0.1) is 0 Å². The monoisotopic (exact) mass is 605 g/mol. The Morgan fingerprint density at radius 2 is 1.77 bits per heavy atom.